The summed E-state index contributed by atoms with van der Waals surface area (Å²) in [4.78, 5) is 44.7. The SMILES string of the molecule is C=CC(=O)N1C[C@H](C)N(c2nc(=O)n(-c3c(C)cc(C=C)nc3C(C)C)c3nc(-c4ccccc4F)c(Cl)cc23)C[C@H]1C. The molecule has 0 aliphatic carbocycles. The van der Waals surface area contributed by atoms with Crippen LogP contribution < -0.4 is 10.6 Å². The average molecular weight is 601 g/mol. The highest BCUT2D eigenvalue weighted by atomic mass is 35.5. The molecule has 1 saturated heterocycles. The summed E-state index contributed by atoms with van der Waals surface area (Å²) < 4.78 is 16.5. The number of halogens is 2. The summed E-state index contributed by atoms with van der Waals surface area (Å²) in [7, 11) is 0. The summed E-state index contributed by atoms with van der Waals surface area (Å²) >= 11 is 6.81. The molecule has 1 aromatic carbocycles. The Morgan fingerprint density at radius 3 is 2.47 bits per heavy atom. The van der Waals surface area contributed by atoms with Crippen LogP contribution in [0.4, 0.5) is 10.2 Å². The van der Waals surface area contributed by atoms with Crippen molar-refractivity contribution >= 4 is 40.4 Å². The number of benzene rings is 1. The van der Waals surface area contributed by atoms with Gasteiger partial charge in [0.1, 0.15) is 11.6 Å². The molecule has 43 heavy (non-hydrogen) atoms. The van der Waals surface area contributed by atoms with Gasteiger partial charge in [-0.05, 0) is 68.7 Å². The number of amides is 1. The van der Waals surface area contributed by atoms with E-state index in [4.69, 9.17) is 21.6 Å². The lowest BCUT2D eigenvalue weighted by Gasteiger charge is -2.44. The van der Waals surface area contributed by atoms with E-state index >= 15 is 4.39 Å². The molecule has 0 unspecified atom stereocenters. The molecule has 1 aliphatic heterocycles. The van der Waals surface area contributed by atoms with Crippen LogP contribution in [0.5, 0.6) is 0 Å². The number of pyridine rings is 2. The first-order chi connectivity index (χ1) is 20.5. The van der Waals surface area contributed by atoms with Gasteiger partial charge in [-0.1, -0.05) is 50.7 Å². The molecule has 8 nitrogen and oxygen atoms in total. The van der Waals surface area contributed by atoms with Gasteiger partial charge >= 0.3 is 5.69 Å². The molecule has 5 rings (SSSR count). The highest BCUT2D eigenvalue weighted by Gasteiger charge is 2.34. The van der Waals surface area contributed by atoms with Gasteiger partial charge in [-0.2, -0.15) is 4.98 Å². The molecule has 2 atom stereocenters. The first-order valence-corrected chi connectivity index (χ1v) is 14.6. The highest BCUT2D eigenvalue weighted by Crippen LogP contribution is 2.36. The Labute approximate surface area is 255 Å². The number of hydrogen-bond donors (Lipinski definition) is 0. The first-order valence-electron chi connectivity index (χ1n) is 14.2. The zero-order valence-electron chi connectivity index (χ0n) is 24.9. The monoisotopic (exact) mass is 600 g/mol. The molecule has 0 saturated carbocycles. The standard InChI is InChI=1S/C33H34ClFN6O2/c1-8-22-14-19(5)30(28(36-22)18(3)4)41-32-24(15-25(34)29(37-32)23-12-10-11-13-26(23)35)31(38-33(41)43)40-17-20(6)39(16-21(40)7)27(42)9-2/h8-15,18,20-21H,1-2,16-17H2,3-7H3/t20-,21+/m1/s1. The molecule has 1 amide bonds. The van der Waals surface area contributed by atoms with Gasteiger partial charge in [0.05, 0.1) is 33.2 Å². The molecule has 0 N–H and O–H groups in total. The second-order valence-electron chi connectivity index (χ2n) is 11.2. The van der Waals surface area contributed by atoms with Gasteiger partial charge in [0.2, 0.25) is 5.91 Å². The van der Waals surface area contributed by atoms with Gasteiger partial charge in [0.15, 0.2) is 5.65 Å². The van der Waals surface area contributed by atoms with Crippen LogP contribution in [0.1, 0.15) is 50.6 Å². The van der Waals surface area contributed by atoms with Crippen LogP contribution in [0.15, 0.2) is 60.4 Å². The maximum absolute atomic E-state index is 15.0. The topological polar surface area (TPSA) is 84.2 Å². The van der Waals surface area contributed by atoms with Crippen LogP contribution in [-0.2, 0) is 4.79 Å². The Morgan fingerprint density at radius 2 is 1.81 bits per heavy atom. The van der Waals surface area contributed by atoms with Crippen molar-refractivity contribution in [2.75, 3.05) is 18.0 Å². The molecular weight excluding hydrogens is 567 g/mol. The van der Waals surface area contributed by atoms with Crippen LogP contribution in [0, 0.1) is 12.7 Å². The number of carbonyl (C=O) groups is 1. The molecule has 4 aromatic rings. The molecule has 222 valence electrons. The number of fused-ring (bicyclic) bond motifs is 1. The van der Waals surface area contributed by atoms with E-state index in [1.165, 1.54) is 16.7 Å². The van der Waals surface area contributed by atoms with Crippen LogP contribution >= 0.6 is 11.6 Å². The van der Waals surface area contributed by atoms with Crippen molar-refractivity contribution < 1.29 is 9.18 Å². The lowest BCUT2D eigenvalue weighted by atomic mass is 10.0. The van der Waals surface area contributed by atoms with Gasteiger partial charge in [-0.25, -0.2) is 18.7 Å². The van der Waals surface area contributed by atoms with E-state index in [0.29, 0.717) is 41.4 Å². The van der Waals surface area contributed by atoms with E-state index in [9.17, 15) is 9.59 Å². The van der Waals surface area contributed by atoms with Gasteiger partial charge in [-0.3, -0.25) is 9.78 Å². The van der Waals surface area contributed by atoms with Crippen molar-refractivity contribution in [2.45, 2.75) is 52.6 Å². The minimum absolute atomic E-state index is 0.0510. The number of hydrogen-bond acceptors (Lipinski definition) is 6. The Bertz CT molecular complexity index is 1830. The van der Waals surface area contributed by atoms with Crippen molar-refractivity contribution in [2.24, 2.45) is 0 Å². The average Bonchev–Trinajstić information content (AvgIpc) is 2.97. The fraction of sp³-hybridized carbons (Fsp3) is 0.303. The summed E-state index contributed by atoms with van der Waals surface area (Å²) in [5.41, 5.74) is 2.85. The van der Waals surface area contributed by atoms with E-state index in [1.807, 2.05) is 45.6 Å². The lowest BCUT2D eigenvalue weighted by Crippen LogP contribution is -2.58. The number of rotatable bonds is 6. The summed E-state index contributed by atoms with van der Waals surface area (Å²) in [6.07, 6.45) is 2.97. The molecule has 0 bridgehead atoms. The van der Waals surface area contributed by atoms with E-state index < -0.39 is 11.5 Å². The normalized spacial score (nSPS) is 17.0. The van der Waals surface area contributed by atoms with E-state index in [1.54, 1.807) is 35.2 Å². The predicted molar refractivity (Wildman–Crippen MR) is 170 cm³/mol. The summed E-state index contributed by atoms with van der Waals surface area (Å²) in [5.74, 6) is -0.292. The number of carbonyl (C=O) groups excluding carboxylic acids is 1. The molecule has 0 radical (unpaired) electrons. The van der Waals surface area contributed by atoms with E-state index in [2.05, 4.69) is 18.1 Å². The van der Waals surface area contributed by atoms with Gasteiger partial charge in [-0.15, -0.1) is 0 Å². The Morgan fingerprint density at radius 1 is 1.09 bits per heavy atom. The van der Waals surface area contributed by atoms with Crippen LogP contribution in [0.25, 0.3) is 34.1 Å². The fourth-order valence-electron chi connectivity index (χ4n) is 5.73. The molecule has 1 aliphatic rings. The lowest BCUT2D eigenvalue weighted by molar-refractivity contribution is -0.128. The predicted octanol–water partition coefficient (Wildman–Crippen LogP) is 6.32. The van der Waals surface area contributed by atoms with Crippen molar-refractivity contribution in [1.82, 2.24) is 24.4 Å². The Kier molecular flexibility index (Phi) is 8.21. The zero-order valence-corrected chi connectivity index (χ0v) is 25.7. The fourth-order valence-corrected chi connectivity index (χ4v) is 5.98. The highest BCUT2D eigenvalue weighted by molar-refractivity contribution is 6.33. The first kappa shape index (κ1) is 30.1. The minimum atomic E-state index is -0.556. The van der Waals surface area contributed by atoms with Gasteiger partial charge in [0.25, 0.3) is 0 Å². The van der Waals surface area contributed by atoms with Crippen LogP contribution in [0.3, 0.4) is 0 Å². The third-order valence-corrected chi connectivity index (χ3v) is 8.14. The molecule has 4 heterocycles. The number of aromatic nitrogens is 4. The van der Waals surface area contributed by atoms with Crippen LogP contribution in [0.2, 0.25) is 5.02 Å². The number of aryl methyl sites for hydroxylation is 1. The molecule has 3 aromatic heterocycles. The number of anilines is 1. The van der Waals surface area contributed by atoms with Gasteiger partial charge < -0.3 is 9.80 Å². The largest absolute Gasteiger partial charge is 0.355 e. The second kappa shape index (κ2) is 11.7. The molecule has 0 spiro atoms. The smallest absolute Gasteiger partial charge is 0.349 e. The summed E-state index contributed by atoms with van der Waals surface area (Å²) in [6, 6.07) is 9.43. The van der Waals surface area contributed by atoms with Crippen molar-refractivity contribution in [3.05, 3.63) is 93.9 Å². The second-order valence-corrected chi connectivity index (χ2v) is 11.6. The minimum Gasteiger partial charge on any atom is -0.349 e. The van der Waals surface area contributed by atoms with Crippen molar-refractivity contribution in [3.8, 4) is 16.9 Å². The quantitative estimate of drug-likeness (QED) is 0.241. The number of nitrogens with zero attached hydrogens (tertiary/aromatic N) is 6. The van der Waals surface area contributed by atoms with Crippen molar-refractivity contribution in [3.63, 3.8) is 0 Å². The third kappa shape index (κ3) is 5.33. The van der Waals surface area contributed by atoms with Gasteiger partial charge in [0, 0.05) is 30.7 Å². The molecule has 1 fully saturated rings. The van der Waals surface area contributed by atoms with E-state index in [0.717, 1.165) is 5.56 Å². The summed E-state index contributed by atoms with van der Waals surface area (Å²) in [6.45, 7) is 18.1. The third-order valence-electron chi connectivity index (χ3n) is 7.86. The number of piperazine rings is 1. The Hall–Kier alpha value is -4.37. The Balaban J connectivity index is 1.85. The molecule has 10 heteroatoms. The maximum atomic E-state index is 15.0. The maximum Gasteiger partial charge on any atom is 0.355 e. The molecular formula is C33H34ClFN6O2. The van der Waals surface area contributed by atoms with E-state index in [-0.39, 0.29) is 45.8 Å². The van der Waals surface area contributed by atoms with Crippen molar-refractivity contribution in [1.29, 1.82) is 0 Å². The van der Waals surface area contributed by atoms with Crippen LogP contribution in [-0.4, -0.2) is 55.5 Å². The summed E-state index contributed by atoms with van der Waals surface area (Å²) in [5, 5.41) is 0.738. The zero-order chi connectivity index (χ0) is 31.2.